The lowest BCUT2D eigenvalue weighted by Gasteiger charge is -2.15. The fraction of sp³-hybridized carbons (Fsp3) is 0.538. The van der Waals surface area contributed by atoms with Crippen LogP contribution in [-0.2, 0) is 19.6 Å². The predicted octanol–water partition coefficient (Wildman–Crippen LogP) is 1.15. The number of methoxy groups -OCH3 is 1. The number of furan rings is 1. The van der Waals surface area contributed by atoms with E-state index in [0.29, 0.717) is 0 Å². The molecule has 0 aliphatic heterocycles. The number of aryl methyl sites for hydroxylation is 1. The predicted molar refractivity (Wildman–Crippen MR) is 76.0 cm³/mol. The van der Waals surface area contributed by atoms with Gasteiger partial charge in [-0.15, -0.1) is 0 Å². The highest BCUT2D eigenvalue weighted by atomic mass is 32.2. The Hall–Kier alpha value is -1.87. The van der Waals surface area contributed by atoms with Crippen LogP contribution in [0, 0.1) is 12.8 Å². The summed E-state index contributed by atoms with van der Waals surface area (Å²) in [6.45, 7) is 4.96. The number of esters is 1. The third kappa shape index (κ3) is 4.31. The van der Waals surface area contributed by atoms with Gasteiger partial charge < -0.3 is 14.3 Å². The second kappa shape index (κ2) is 6.93. The zero-order valence-electron chi connectivity index (χ0n) is 12.7. The highest BCUT2D eigenvalue weighted by Crippen LogP contribution is 2.20. The van der Waals surface area contributed by atoms with Gasteiger partial charge in [-0.05, 0) is 19.3 Å². The average molecular weight is 333 g/mol. The van der Waals surface area contributed by atoms with Crippen LogP contribution in [0.1, 0.15) is 36.4 Å². The molecule has 0 saturated carbocycles. The van der Waals surface area contributed by atoms with Crippen molar-refractivity contribution in [3.63, 3.8) is 0 Å². The van der Waals surface area contributed by atoms with E-state index in [0.717, 1.165) is 13.2 Å². The number of aliphatic carboxylic acids is 1. The molecule has 0 amide bonds. The molecule has 124 valence electrons. The van der Waals surface area contributed by atoms with Crippen LogP contribution in [0.4, 0.5) is 0 Å². The van der Waals surface area contributed by atoms with E-state index >= 15 is 0 Å². The number of rotatable bonds is 7. The Morgan fingerprint density at radius 2 is 2.00 bits per heavy atom. The zero-order valence-corrected chi connectivity index (χ0v) is 13.6. The van der Waals surface area contributed by atoms with Crippen molar-refractivity contribution in [3.05, 3.63) is 17.4 Å². The van der Waals surface area contributed by atoms with Crippen LogP contribution in [0.2, 0.25) is 0 Å². The van der Waals surface area contributed by atoms with E-state index in [1.54, 1.807) is 13.8 Å². The van der Waals surface area contributed by atoms with E-state index < -0.39 is 33.1 Å². The van der Waals surface area contributed by atoms with Crippen LogP contribution in [0.15, 0.2) is 15.6 Å². The smallest absolute Gasteiger partial charge is 0.341 e. The Morgan fingerprint density at radius 3 is 2.45 bits per heavy atom. The fourth-order valence-corrected chi connectivity index (χ4v) is 3.01. The van der Waals surface area contributed by atoms with Crippen LogP contribution in [0.3, 0.4) is 0 Å². The van der Waals surface area contributed by atoms with Gasteiger partial charge in [0.1, 0.15) is 17.4 Å². The van der Waals surface area contributed by atoms with Gasteiger partial charge in [-0.3, -0.25) is 4.79 Å². The van der Waals surface area contributed by atoms with Gasteiger partial charge in [0.25, 0.3) is 10.0 Å². The van der Waals surface area contributed by atoms with Gasteiger partial charge in [0.2, 0.25) is 5.09 Å². The van der Waals surface area contributed by atoms with Crippen molar-refractivity contribution in [3.8, 4) is 0 Å². The molecule has 1 heterocycles. The van der Waals surface area contributed by atoms with Crippen LogP contribution in [-0.4, -0.2) is 38.6 Å². The van der Waals surface area contributed by atoms with Gasteiger partial charge in [-0.2, -0.15) is 4.72 Å². The molecule has 8 nitrogen and oxygen atoms in total. The number of ether oxygens (including phenoxy) is 1. The van der Waals surface area contributed by atoms with Crippen molar-refractivity contribution < 1.29 is 32.3 Å². The van der Waals surface area contributed by atoms with E-state index in [4.69, 9.17) is 9.52 Å². The normalized spacial score (nSPS) is 13.1. The molecule has 0 fully saturated rings. The monoisotopic (exact) mass is 333 g/mol. The molecule has 0 aromatic carbocycles. The van der Waals surface area contributed by atoms with Gasteiger partial charge in [0.15, 0.2) is 0 Å². The first kappa shape index (κ1) is 18.2. The van der Waals surface area contributed by atoms with Crippen molar-refractivity contribution in [1.82, 2.24) is 4.72 Å². The molecule has 1 aromatic heterocycles. The summed E-state index contributed by atoms with van der Waals surface area (Å²) in [4.78, 5) is 22.6. The molecule has 0 saturated heterocycles. The Kier molecular flexibility index (Phi) is 5.72. The first-order valence-electron chi connectivity index (χ1n) is 6.52. The molecule has 1 unspecified atom stereocenters. The molecule has 0 aliphatic carbocycles. The molecule has 1 aromatic rings. The van der Waals surface area contributed by atoms with E-state index in [-0.39, 0.29) is 23.7 Å². The van der Waals surface area contributed by atoms with Crippen molar-refractivity contribution in [2.75, 3.05) is 7.11 Å². The number of carboxylic acid groups (broad SMARTS) is 1. The van der Waals surface area contributed by atoms with Gasteiger partial charge in [0.05, 0.1) is 7.11 Å². The summed E-state index contributed by atoms with van der Waals surface area (Å²) in [5, 5.41) is 8.56. The summed E-state index contributed by atoms with van der Waals surface area (Å²) in [7, 11) is -3.04. The highest BCUT2D eigenvalue weighted by molar-refractivity contribution is 7.89. The molecule has 0 radical (unpaired) electrons. The van der Waals surface area contributed by atoms with Crippen LogP contribution in [0.5, 0.6) is 0 Å². The van der Waals surface area contributed by atoms with Crippen molar-refractivity contribution in [2.24, 2.45) is 5.92 Å². The first-order chi connectivity index (χ1) is 10.1. The van der Waals surface area contributed by atoms with Gasteiger partial charge in [-0.25, -0.2) is 13.2 Å². The summed E-state index contributed by atoms with van der Waals surface area (Å²) in [6, 6.07) is -0.269. The molecule has 9 heteroatoms. The number of carbonyl (C=O) groups is 2. The number of sulfonamides is 1. The third-order valence-corrected chi connectivity index (χ3v) is 4.19. The maximum absolute atomic E-state index is 12.2. The van der Waals surface area contributed by atoms with Crippen LogP contribution in [0.25, 0.3) is 0 Å². The summed E-state index contributed by atoms with van der Waals surface area (Å²) in [6.07, 6.45) is 0.123. The summed E-state index contributed by atoms with van der Waals surface area (Å²) >= 11 is 0. The second-order valence-corrected chi connectivity index (χ2v) is 6.81. The Labute approximate surface area is 128 Å². The van der Waals surface area contributed by atoms with Crippen LogP contribution >= 0.6 is 0 Å². The number of hydrogen-bond donors (Lipinski definition) is 2. The topological polar surface area (TPSA) is 123 Å². The molecule has 2 N–H and O–H groups in total. The Morgan fingerprint density at radius 1 is 1.41 bits per heavy atom. The molecule has 0 spiro atoms. The molecule has 1 rings (SSSR count). The lowest BCUT2D eigenvalue weighted by atomic mass is 10.1. The molecular weight excluding hydrogens is 314 g/mol. The van der Waals surface area contributed by atoms with Crippen LogP contribution < -0.4 is 4.72 Å². The van der Waals surface area contributed by atoms with Gasteiger partial charge >= 0.3 is 11.9 Å². The molecule has 0 bridgehead atoms. The fourth-order valence-electron chi connectivity index (χ4n) is 1.82. The minimum atomic E-state index is -4.20. The maximum atomic E-state index is 12.2. The highest BCUT2D eigenvalue weighted by Gasteiger charge is 2.30. The molecule has 0 aliphatic rings. The van der Waals surface area contributed by atoms with Gasteiger partial charge in [-0.1, -0.05) is 13.8 Å². The third-order valence-electron chi connectivity index (χ3n) is 2.87. The molecule has 1 atom stereocenters. The summed E-state index contributed by atoms with van der Waals surface area (Å²) < 4.78 is 36.0. The van der Waals surface area contributed by atoms with Crippen molar-refractivity contribution in [2.45, 2.75) is 38.3 Å². The Bertz CT molecular complexity index is 660. The maximum Gasteiger partial charge on any atom is 0.341 e. The lowest BCUT2D eigenvalue weighted by Crippen LogP contribution is -2.41. The largest absolute Gasteiger partial charge is 0.480 e. The van der Waals surface area contributed by atoms with Crippen molar-refractivity contribution in [1.29, 1.82) is 0 Å². The number of nitrogens with one attached hydrogen (secondary N) is 1. The first-order valence-corrected chi connectivity index (χ1v) is 8.00. The Balaban J connectivity index is 3.08. The number of carboxylic acids is 1. The quantitative estimate of drug-likeness (QED) is 0.717. The average Bonchev–Trinajstić information content (AvgIpc) is 2.79. The number of carbonyl (C=O) groups excluding carboxylic acids is 1. The van der Waals surface area contributed by atoms with Crippen molar-refractivity contribution >= 4 is 22.0 Å². The summed E-state index contributed by atoms with van der Waals surface area (Å²) in [5.41, 5.74) is -0.0291. The summed E-state index contributed by atoms with van der Waals surface area (Å²) in [5.74, 6) is -1.97. The van der Waals surface area contributed by atoms with E-state index in [2.05, 4.69) is 9.46 Å². The lowest BCUT2D eigenvalue weighted by molar-refractivity contribution is -0.139. The molecule has 22 heavy (non-hydrogen) atoms. The van der Waals surface area contributed by atoms with Gasteiger partial charge in [0, 0.05) is 6.07 Å². The SMILES string of the molecule is COC(=O)c1cc(S(=O)(=O)NC(CC(C)C)C(=O)O)oc1C. The minimum Gasteiger partial charge on any atom is -0.480 e. The van der Waals surface area contributed by atoms with E-state index in [1.165, 1.54) is 6.92 Å². The van der Waals surface area contributed by atoms with E-state index in [1.807, 2.05) is 0 Å². The molecular formula is C13H19NO7S. The standard InChI is InChI=1S/C13H19NO7S/c1-7(2)5-10(12(15)16)14-22(18,19)11-6-9(8(3)21-11)13(17)20-4/h6-7,10,14H,5H2,1-4H3,(H,15,16). The zero-order chi connectivity index (χ0) is 17.1. The number of hydrogen-bond acceptors (Lipinski definition) is 6. The minimum absolute atomic E-state index is 0.0206. The second-order valence-electron chi connectivity index (χ2n) is 5.17. The van der Waals surface area contributed by atoms with E-state index in [9.17, 15) is 18.0 Å².